The third kappa shape index (κ3) is 4.92. The van der Waals surface area contributed by atoms with Crippen molar-refractivity contribution < 1.29 is 19.2 Å². The molecule has 2 rings (SSSR count). The van der Waals surface area contributed by atoms with E-state index in [9.17, 15) is 9.59 Å². The van der Waals surface area contributed by atoms with Crippen LogP contribution >= 0.6 is 15.9 Å². The molecule has 2 aromatic rings. The van der Waals surface area contributed by atoms with Gasteiger partial charge in [-0.1, -0.05) is 33.2 Å². The van der Waals surface area contributed by atoms with Crippen LogP contribution in [0.1, 0.15) is 29.0 Å². The monoisotopic (exact) mass is 394 g/mol. The fraction of sp³-hybridized carbons (Fsp3) is 0.353. The van der Waals surface area contributed by atoms with Gasteiger partial charge in [0.2, 0.25) is 5.91 Å². The molecule has 0 aliphatic carbocycles. The first-order chi connectivity index (χ1) is 11.4. The van der Waals surface area contributed by atoms with Crippen molar-refractivity contribution in [2.75, 3.05) is 6.54 Å². The van der Waals surface area contributed by atoms with E-state index in [1.54, 1.807) is 6.92 Å². The Hall–Kier alpha value is -2.15. The van der Waals surface area contributed by atoms with Gasteiger partial charge < -0.3 is 14.5 Å². The van der Waals surface area contributed by atoms with Crippen molar-refractivity contribution in [2.45, 2.75) is 33.2 Å². The highest BCUT2D eigenvalue weighted by Crippen LogP contribution is 2.17. The Labute approximate surface area is 148 Å². The van der Waals surface area contributed by atoms with Crippen LogP contribution in [-0.2, 0) is 22.6 Å². The van der Waals surface area contributed by atoms with Gasteiger partial charge in [-0.15, -0.1) is 0 Å². The Balaban J connectivity index is 2.06. The average Bonchev–Trinajstić information content (AvgIpc) is 2.82. The summed E-state index contributed by atoms with van der Waals surface area (Å²) in [5.41, 5.74) is 2.54. The summed E-state index contributed by atoms with van der Waals surface area (Å²) in [4.78, 5) is 24.9. The highest BCUT2D eigenvalue weighted by Gasteiger charge is 2.19. The maximum Gasteiger partial charge on any atom is 0.323 e. The van der Waals surface area contributed by atoms with Crippen molar-refractivity contribution in [1.29, 1.82) is 0 Å². The van der Waals surface area contributed by atoms with E-state index in [0.29, 0.717) is 12.2 Å². The number of rotatable bonds is 7. The number of halogens is 1. The van der Waals surface area contributed by atoms with Gasteiger partial charge in [-0.05, 0) is 38.0 Å². The molecule has 0 aliphatic rings. The van der Waals surface area contributed by atoms with E-state index in [2.05, 4.69) is 21.1 Å². The maximum atomic E-state index is 12.5. The molecule has 0 unspecified atom stereocenters. The summed E-state index contributed by atoms with van der Waals surface area (Å²) in [6.45, 7) is 3.56. The second kappa shape index (κ2) is 8.10. The number of carbonyl (C=O) groups is 2. The predicted molar refractivity (Wildman–Crippen MR) is 91.5 cm³/mol. The fourth-order valence-corrected chi connectivity index (χ4v) is 2.95. The quantitative estimate of drug-likeness (QED) is 0.779. The lowest BCUT2D eigenvalue weighted by Gasteiger charge is -2.21. The Kier molecular flexibility index (Phi) is 6.14. The number of aryl methyl sites for hydroxylation is 2. The molecule has 1 aromatic heterocycles. The zero-order chi connectivity index (χ0) is 17.7. The van der Waals surface area contributed by atoms with Gasteiger partial charge in [-0.2, -0.15) is 0 Å². The van der Waals surface area contributed by atoms with Gasteiger partial charge in [-0.3, -0.25) is 9.59 Å². The van der Waals surface area contributed by atoms with Gasteiger partial charge in [0.25, 0.3) is 0 Å². The number of nitrogens with zero attached hydrogens (tertiary/aromatic N) is 2. The maximum absolute atomic E-state index is 12.5. The second-order valence-electron chi connectivity index (χ2n) is 5.58. The first-order valence-electron chi connectivity index (χ1n) is 7.52. The molecule has 1 amide bonds. The third-order valence-corrected chi connectivity index (χ3v) is 4.20. The molecule has 0 bridgehead atoms. The minimum absolute atomic E-state index is 0.211. The van der Waals surface area contributed by atoms with Crippen LogP contribution in [0.25, 0.3) is 0 Å². The molecule has 0 saturated carbocycles. The topological polar surface area (TPSA) is 83.6 Å². The van der Waals surface area contributed by atoms with Gasteiger partial charge in [0.15, 0.2) is 0 Å². The SMILES string of the molecule is Cc1noc(C)c1CCC(=O)N(CC(=O)O)Cc1cccc(Br)c1. The number of carboxylic acid groups (broad SMARTS) is 1. The minimum atomic E-state index is -1.03. The van der Waals surface area contributed by atoms with Crippen molar-refractivity contribution >= 4 is 27.8 Å². The number of hydrogen-bond donors (Lipinski definition) is 1. The highest BCUT2D eigenvalue weighted by atomic mass is 79.9. The number of carbonyl (C=O) groups excluding carboxylic acids is 1. The predicted octanol–water partition coefficient (Wildman–Crippen LogP) is 3.10. The molecule has 0 spiro atoms. The Morgan fingerprint density at radius 1 is 1.33 bits per heavy atom. The van der Waals surface area contributed by atoms with Crippen LogP contribution in [0.5, 0.6) is 0 Å². The molecule has 1 N–H and O–H groups in total. The summed E-state index contributed by atoms with van der Waals surface area (Å²) in [6, 6.07) is 7.47. The average molecular weight is 395 g/mol. The molecule has 0 aliphatic heterocycles. The number of aromatic nitrogens is 1. The fourth-order valence-electron chi connectivity index (χ4n) is 2.50. The Morgan fingerprint density at radius 2 is 2.08 bits per heavy atom. The normalized spacial score (nSPS) is 10.6. The summed E-state index contributed by atoms with van der Waals surface area (Å²) in [6.07, 6.45) is 0.693. The molecule has 1 heterocycles. The standard InChI is InChI=1S/C17H19BrN2O4/c1-11-15(12(2)24-19-11)6-7-16(21)20(10-17(22)23)9-13-4-3-5-14(18)8-13/h3-5,8H,6-7,9-10H2,1-2H3,(H,22,23). The summed E-state index contributed by atoms with van der Waals surface area (Å²) >= 11 is 3.38. The molecular formula is C17H19BrN2O4. The first kappa shape index (κ1) is 18.2. The molecule has 0 fully saturated rings. The van der Waals surface area contributed by atoms with Gasteiger partial charge in [0.05, 0.1) is 5.69 Å². The molecule has 24 heavy (non-hydrogen) atoms. The van der Waals surface area contributed by atoms with Crippen molar-refractivity contribution in [3.8, 4) is 0 Å². The lowest BCUT2D eigenvalue weighted by Crippen LogP contribution is -2.35. The van der Waals surface area contributed by atoms with Crippen LogP contribution in [0.2, 0.25) is 0 Å². The Morgan fingerprint density at radius 3 is 2.67 bits per heavy atom. The van der Waals surface area contributed by atoms with E-state index in [0.717, 1.165) is 21.3 Å². The molecule has 6 nitrogen and oxygen atoms in total. The van der Waals surface area contributed by atoms with Crippen molar-refractivity contribution in [3.63, 3.8) is 0 Å². The van der Waals surface area contributed by atoms with E-state index in [1.807, 2.05) is 31.2 Å². The zero-order valence-electron chi connectivity index (χ0n) is 13.6. The smallest absolute Gasteiger partial charge is 0.323 e. The van der Waals surface area contributed by atoms with Gasteiger partial charge in [0.1, 0.15) is 12.3 Å². The van der Waals surface area contributed by atoms with E-state index < -0.39 is 5.97 Å². The number of amides is 1. The Bertz CT molecular complexity index is 722. The summed E-state index contributed by atoms with van der Waals surface area (Å²) < 4.78 is 5.97. The molecule has 0 radical (unpaired) electrons. The summed E-state index contributed by atoms with van der Waals surface area (Å²) in [5.74, 6) is -0.551. The number of benzene rings is 1. The van der Waals surface area contributed by atoms with E-state index in [-0.39, 0.29) is 25.4 Å². The van der Waals surface area contributed by atoms with Crippen LogP contribution in [0.15, 0.2) is 33.3 Å². The van der Waals surface area contributed by atoms with E-state index >= 15 is 0 Å². The van der Waals surface area contributed by atoms with Gasteiger partial charge in [0, 0.05) is 23.0 Å². The molecule has 7 heteroatoms. The highest BCUT2D eigenvalue weighted by molar-refractivity contribution is 9.10. The van der Waals surface area contributed by atoms with Crippen LogP contribution in [-0.4, -0.2) is 33.6 Å². The molecule has 1 aromatic carbocycles. The van der Waals surface area contributed by atoms with Crippen molar-refractivity contribution in [1.82, 2.24) is 10.1 Å². The summed E-state index contributed by atoms with van der Waals surface area (Å²) in [7, 11) is 0. The van der Waals surface area contributed by atoms with Crippen LogP contribution in [0.3, 0.4) is 0 Å². The largest absolute Gasteiger partial charge is 0.480 e. The van der Waals surface area contributed by atoms with Crippen LogP contribution in [0, 0.1) is 13.8 Å². The van der Waals surface area contributed by atoms with Crippen LogP contribution < -0.4 is 0 Å². The van der Waals surface area contributed by atoms with Crippen LogP contribution in [0.4, 0.5) is 0 Å². The van der Waals surface area contributed by atoms with Crippen molar-refractivity contribution in [2.24, 2.45) is 0 Å². The van der Waals surface area contributed by atoms with Crippen molar-refractivity contribution in [3.05, 3.63) is 51.3 Å². The minimum Gasteiger partial charge on any atom is -0.480 e. The lowest BCUT2D eigenvalue weighted by molar-refractivity contribution is -0.144. The van der Waals surface area contributed by atoms with E-state index in [4.69, 9.17) is 9.63 Å². The second-order valence-corrected chi connectivity index (χ2v) is 6.49. The molecular weight excluding hydrogens is 376 g/mol. The lowest BCUT2D eigenvalue weighted by atomic mass is 10.1. The van der Waals surface area contributed by atoms with E-state index in [1.165, 1.54) is 4.90 Å². The van der Waals surface area contributed by atoms with Gasteiger partial charge >= 0.3 is 5.97 Å². The zero-order valence-corrected chi connectivity index (χ0v) is 15.2. The van der Waals surface area contributed by atoms with Gasteiger partial charge in [-0.25, -0.2) is 0 Å². The third-order valence-electron chi connectivity index (χ3n) is 3.71. The number of hydrogen-bond acceptors (Lipinski definition) is 4. The molecule has 128 valence electrons. The first-order valence-corrected chi connectivity index (χ1v) is 8.32. The number of carboxylic acids is 1. The summed E-state index contributed by atoms with van der Waals surface area (Å²) in [5, 5.41) is 12.9. The number of aliphatic carboxylic acids is 1. The molecule has 0 atom stereocenters. The molecule has 0 saturated heterocycles.